The number of ketones is 2. The third-order valence-electron chi connectivity index (χ3n) is 5.33. The van der Waals surface area contributed by atoms with Crippen LogP contribution < -0.4 is 11.5 Å². The molecule has 6 N–H and O–H groups in total. The number of nitrogens with two attached hydrogens (primary N) is 2. The van der Waals surface area contributed by atoms with Crippen molar-refractivity contribution in [2.45, 2.75) is 52.4 Å². The molecule has 0 amide bonds. The molecule has 1 aliphatic rings. The van der Waals surface area contributed by atoms with Crippen LogP contribution in [0.4, 0.5) is 11.4 Å². The fourth-order valence-electron chi connectivity index (χ4n) is 3.80. The number of aryl methyl sites for hydroxylation is 2. The molecule has 0 saturated carbocycles. The zero-order valence-corrected chi connectivity index (χ0v) is 16.3. The summed E-state index contributed by atoms with van der Waals surface area (Å²) >= 11 is 0. The Kier molecular flexibility index (Phi) is 5.31. The van der Waals surface area contributed by atoms with Crippen molar-refractivity contribution >= 4 is 22.9 Å². The first kappa shape index (κ1) is 19.7. The number of anilines is 2. The van der Waals surface area contributed by atoms with E-state index in [2.05, 4.69) is 0 Å². The molecule has 0 saturated heterocycles. The number of carbonyl (C=O) groups excluding carboxylic acids is 2. The van der Waals surface area contributed by atoms with Gasteiger partial charge < -0.3 is 21.7 Å². The van der Waals surface area contributed by atoms with Crippen LogP contribution in [-0.4, -0.2) is 21.8 Å². The van der Waals surface area contributed by atoms with Crippen molar-refractivity contribution < 1.29 is 19.8 Å². The molecule has 148 valence electrons. The summed E-state index contributed by atoms with van der Waals surface area (Å²) in [5.74, 6) is -1.64. The van der Waals surface area contributed by atoms with E-state index in [0.717, 1.165) is 25.7 Å². The Labute approximate surface area is 164 Å². The molecule has 0 aromatic heterocycles. The maximum Gasteiger partial charge on any atom is 0.202 e. The Morgan fingerprint density at radius 1 is 0.714 bits per heavy atom. The van der Waals surface area contributed by atoms with Crippen LogP contribution in [0.3, 0.4) is 0 Å². The molecule has 0 bridgehead atoms. The van der Waals surface area contributed by atoms with Gasteiger partial charge in [0.2, 0.25) is 5.78 Å². The van der Waals surface area contributed by atoms with E-state index in [0.29, 0.717) is 24.0 Å². The predicted molar refractivity (Wildman–Crippen MR) is 109 cm³/mol. The molecule has 0 heterocycles. The lowest BCUT2D eigenvalue weighted by molar-refractivity contribution is 0.0975. The van der Waals surface area contributed by atoms with E-state index in [4.69, 9.17) is 11.5 Å². The van der Waals surface area contributed by atoms with Crippen LogP contribution in [-0.2, 0) is 12.8 Å². The molecule has 6 nitrogen and oxygen atoms in total. The molecule has 6 heteroatoms. The average Bonchev–Trinajstić information content (AvgIpc) is 2.66. The van der Waals surface area contributed by atoms with Crippen molar-refractivity contribution in [1.29, 1.82) is 0 Å². The minimum Gasteiger partial charge on any atom is -0.507 e. The van der Waals surface area contributed by atoms with Crippen LogP contribution >= 0.6 is 0 Å². The molecule has 28 heavy (non-hydrogen) atoms. The standard InChI is InChI=1S/C22H26N2O4/c1-3-5-7-11-9-13(23)15-17(19(11)25)22(28)18-16(21(15)27)14(24)10-12(20(18)26)8-6-4-2/h9-10,25-26H,3-8,23-24H2,1-2H3. The molecule has 2 aromatic rings. The topological polar surface area (TPSA) is 127 Å². The summed E-state index contributed by atoms with van der Waals surface area (Å²) in [6.07, 6.45) is 4.51. The predicted octanol–water partition coefficient (Wildman–Crippen LogP) is 3.72. The average molecular weight is 382 g/mol. The number of hydrogen-bond donors (Lipinski definition) is 4. The molecule has 2 aromatic carbocycles. The van der Waals surface area contributed by atoms with Crippen molar-refractivity contribution in [1.82, 2.24) is 0 Å². The lowest BCUT2D eigenvalue weighted by Crippen LogP contribution is -2.25. The lowest BCUT2D eigenvalue weighted by Gasteiger charge is -2.24. The highest BCUT2D eigenvalue weighted by Gasteiger charge is 2.38. The second-order valence-corrected chi connectivity index (χ2v) is 7.31. The third-order valence-corrected chi connectivity index (χ3v) is 5.33. The van der Waals surface area contributed by atoms with Gasteiger partial charge in [-0.3, -0.25) is 9.59 Å². The Morgan fingerprint density at radius 2 is 1.07 bits per heavy atom. The maximum absolute atomic E-state index is 13.3. The van der Waals surface area contributed by atoms with Crippen molar-refractivity contribution in [3.8, 4) is 11.5 Å². The molecular formula is C22H26N2O4. The minimum atomic E-state index is -0.616. The smallest absolute Gasteiger partial charge is 0.202 e. The van der Waals surface area contributed by atoms with Crippen LogP contribution in [0.1, 0.15) is 82.5 Å². The van der Waals surface area contributed by atoms with Gasteiger partial charge in [-0.15, -0.1) is 0 Å². The Morgan fingerprint density at radius 3 is 1.43 bits per heavy atom. The largest absolute Gasteiger partial charge is 0.507 e. The van der Waals surface area contributed by atoms with Gasteiger partial charge in [0.25, 0.3) is 0 Å². The molecule has 0 atom stereocenters. The summed E-state index contributed by atoms with van der Waals surface area (Å²) in [7, 11) is 0. The molecule has 1 aliphatic carbocycles. The first-order chi connectivity index (χ1) is 13.3. The fourth-order valence-corrected chi connectivity index (χ4v) is 3.80. The van der Waals surface area contributed by atoms with Gasteiger partial charge >= 0.3 is 0 Å². The molecule has 0 unspecified atom stereocenters. The Hall–Kier alpha value is -3.02. The number of aromatic hydroxyl groups is 2. The first-order valence-corrected chi connectivity index (χ1v) is 9.71. The highest BCUT2D eigenvalue weighted by atomic mass is 16.3. The van der Waals surface area contributed by atoms with E-state index in [1.165, 1.54) is 0 Å². The van der Waals surface area contributed by atoms with Gasteiger partial charge in [0, 0.05) is 11.4 Å². The lowest BCUT2D eigenvalue weighted by atomic mass is 9.79. The van der Waals surface area contributed by atoms with Gasteiger partial charge in [0.05, 0.1) is 22.3 Å². The van der Waals surface area contributed by atoms with Gasteiger partial charge in [-0.1, -0.05) is 26.7 Å². The zero-order chi connectivity index (χ0) is 20.6. The fraction of sp³-hybridized carbons (Fsp3) is 0.364. The number of carbonyl (C=O) groups is 2. The first-order valence-electron chi connectivity index (χ1n) is 9.71. The molecule has 0 radical (unpaired) electrons. The van der Waals surface area contributed by atoms with Crippen LogP contribution in [0.15, 0.2) is 12.1 Å². The van der Waals surface area contributed by atoms with E-state index in [9.17, 15) is 19.8 Å². The number of rotatable bonds is 6. The second kappa shape index (κ2) is 7.54. The van der Waals surface area contributed by atoms with Gasteiger partial charge in [0.1, 0.15) is 11.5 Å². The molecule has 0 aliphatic heterocycles. The zero-order valence-electron chi connectivity index (χ0n) is 16.3. The molecule has 0 fully saturated rings. The number of hydrogen-bond acceptors (Lipinski definition) is 6. The van der Waals surface area contributed by atoms with Gasteiger partial charge in [-0.05, 0) is 48.9 Å². The number of unbranched alkanes of at least 4 members (excludes halogenated alkanes) is 2. The van der Waals surface area contributed by atoms with Gasteiger partial charge in [0.15, 0.2) is 5.78 Å². The Bertz CT molecular complexity index is 904. The van der Waals surface area contributed by atoms with Gasteiger partial charge in [-0.2, -0.15) is 0 Å². The molecule has 3 rings (SSSR count). The third kappa shape index (κ3) is 2.99. The quantitative estimate of drug-likeness (QED) is 0.380. The summed E-state index contributed by atoms with van der Waals surface area (Å²) in [5, 5.41) is 21.5. The van der Waals surface area contributed by atoms with E-state index >= 15 is 0 Å². The SMILES string of the molecule is CCCCc1cc(N)c2c(c1O)C(=O)c1c(O)c(CCCC)cc(N)c1C2=O. The van der Waals surface area contributed by atoms with E-state index in [1.807, 2.05) is 13.8 Å². The van der Waals surface area contributed by atoms with E-state index < -0.39 is 11.6 Å². The summed E-state index contributed by atoms with van der Waals surface area (Å²) < 4.78 is 0. The normalized spacial score (nSPS) is 12.8. The number of nitrogen functional groups attached to an aromatic ring is 2. The summed E-state index contributed by atoms with van der Waals surface area (Å²) in [4.78, 5) is 26.4. The van der Waals surface area contributed by atoms with Crippen LogP contribution in [0.5, 0.6) is 11.5 Å². The number of benzene rings is 2. The van der Waals surface area contributed by atoms with Crippen LogP contribution in [0, 0.1) is 0 Å². The van der Waals surface area contributed by atoms with Crippen molar-refractivity contribution in [2.75, 3.05) is 11.5 Å². The van der Waals surface area contributed by atoms with Gasteiger partial charge in [-0.25, -0.2) is 0 Å². The van der Waals surface area contributed by atoms with Crippen molar-refractivity contribution in [2.24, 2.45) is 0 Å². The highest BCUT2D eigenvalue weighted by molar-refractivity contribution is 6.33. The second-order valence-electron chi connectivity index (χ2n) is 7.31. The highest BCUT2D eigenvalue weighted by Crippen LogP contribution is 2.44. The number of phenols is 2. The summed E-state index contributed by atoms with van der Waals surface area (Å²) in [6, 6.07) is 3.09. The van der Waals surface area contributed by atoms with Crippen LogP contribution in [0.2, 0.25) is 0 Å². The van der Waals surface area contributed by atoms with Crippen molar-refractivity contribution in [3.63, 3.8) is 0 Å². The van der Waals surface area contributed by atoms with E-state index in [1.54, 1.807) is 12.1 Å². The number of fused-ring (bicyclic) bond motifs is 2. The molecule has 0 spiro atoms. The monoisotopic (exact) mass is 382 g/mol. The van der Waals surface area contributed by atoms with Crippen LogP contribution in [0.25, 0.3) is 0 Å². The Balaban J connectivity index is 2.25. The van der Waals surface area contributed by atoms with Crippen molar-refractivity contribution in [3.05, 3.63) is 45.5 Å². The molecular weight excluding hydrogens is 356 g/mol. The minimum absolute atomic E-state index is 0.0392. The number of phenolic OH excluding ortho intramolecular Hbond substituents is 2. The summed E-state index contributed by atoms with van der Waals surface area (Å²) in [6.45, 7) is 4.03. The maximum atomic E-state index is 13.3. The summed E-state index contributed by atoms with van der Waals surface area (Å²) in [5.41, 5.74) is 13.2. The van der Waals surface area contributed by atoms with E-state index in [-0.39, 0.29) is 45.1 Å².